The Labute approximate surface area is 96.6 Å². The van der Waals surface area contributed by atoms with Crippen LogP contribution in [0.2, 0.25) is 5.02 Å². The third-order valence-corrected chi connectivity index (χ3v) is 2.00. The van der Waals surface area contributed by atoms with Gasteiger partial charge in [-0.2, -0.15) is 13.2 Å². The Balaban J connectivity index is 2.93. The van der Waals surface area contributed by atoms with Gasteiger partial charge in [0.05, 0.1) is 12.1 Å². The highest BCUT2D eigenvalue weighted by atomic mass is 35.5. The molecule has 0 radical (unpaired) electrons. The number of alkyl halides is 3. The smallest absolute Gasteiger partial charge is 0.374 e. The van der Waals surface area contributed by atoms with Crippen molar-refractivity contribution in [2.75, 3.05) is 11.9 Å². The van der Waals surface area contributed by atoms with E-state index in [2.05, 4.69) is 17.2 Å². The monoisotopic (exact) mass is 247 g/mol. The SMILES string of the molecule is CC#CCNc1cc(Cl)cc(C(F)(F)F)c1. The number of nitrogens with one attached hydrogen (secondary N) is 1. The highest BCUT2D eigenvalue weighted by Crippen LogP contribution is 2.33. The average Bonchev–Trinajstić information content (AvgIpc) is 2.16. The zero-order chi connectivity index (χ0) is 12.2. The normalized spacial score (nSPS) is 10.6. The second kappa shape index (κ2) is 5.13. The van der Waals surface area contributed by atoms with Crippen molar-refractivity contribution >= 4 is 17.3 Å². The van der Waals surface area contributed by atoms with E-state index in [0.717, 1.165) is 12.1 Å². The topological polar surface area (TPSA) is 12.0 Å². The molecule has 1 N–H and O–H groups in total. The minimum Gasteiger partial charge on any atom is -0.374 e. The van der Waals surface area contributed by atoms with Crippen LogP contribution in [0.3, 0.4) is 0 Å². The van der Waals surface area contributed by atoms with Crippen LogP contribution in [0.1, 0.15) is 12.5 Å². The second-order valence-corrected chi connectivity index (χ2v) is 3.44. The lowest BCUT2D eigenvalue weighted by Crippen LogP contribution is -2.06. The van der Waals surface area contributed by atoms with Gasteiger partial charge >= 0.3 is 6.18 Å². The van der Waals surface area contributed by atoms with Gasteiger partial charge in [-0.15, -0.1) is 5.92 Å². The summed E-state index contributed by atoms with van der Waals surface area (Å²) in [5.41, 5.74) is -0.463. The number of halogens is 4. The average molecular weight is 248 g/mol. The number of rotatable bonds is 2. The van der Waals surface area contributed by atoms with Gasteiger partial charge in [-0.3, -0.25) is 0 Å². The first-order chi connectivity index (χ1) is 7.43. The Hall–Kier alpha value is -1.34. The van der Waals surface area contributed by atoms with E-state index in [0.29, 0.717) is 5.69 Å². The van der Waals surface area contributed by atoms with Crippen LogP contribution in [0.5, 0.6) is 0 Å². The molecule has 0 unspecified atom stereocenters. The lowest BCUT2D eigenvalue weighted by molar-refractivity contribution is -0.137. The highest BCUT2D eigenvalue weighted by molar-refractivity contribution is 6.30. The Morgan fingerprint density at radius 3 is 2.56 bits per heavy atom. The van der Waals surface area contributed by atoms with Gasteiger partial charge in [-0.25, -0.2) is 0 Å². The quantitative estimate of drug-likeness (QED) is 0.784. The summed E-state index contributed by atoms with van der Waals surface area (Å²) in [4.78, 5) is 0. The van der Waals surface area contributed by atoms with Crippen molar-refractivity contribution in [2.24, 2.45) is 0 Å². The van der Waals surface area contributed by atoms with Crippen molar-refractivity contribution in [2.45, 2.75) is 13.1 Å². The van der Waals surface area contributed by atoms with Crippen LogP contribution in [-0.2, 0) is 6.18 Å². The van der Waals surface area contributed by atoms with Crippen LogP contribution in [-0.4, -0.2) is 6.54 Å². The molecule has 0 heterocycles. The Bertz CT molecular complexity index is 429. The molecule has 0 fully saturated rings. The summed E-state index contributed by atoms with van der Waals surface area (Å²) in [6.07, 6.45) is -4.39. The Morgan fingerprint density at radius 2 is 2.00 bits per heavy atom. The molecule has 0 atom stereocenters. The largest absolute Gasteiger partial charge is 0.416 e. The van der Waals surface area contributed by atoms with E-state index in [-0.39, 0.29) is 11.6 Å². The fraction of sp³-hybridized carbons (Fsp3) is 0.273. The predicted molar refractivity (Wildman–Crippen MR) is 58.4 cm³/mol. The molecule has 0 saturated heterocycles. The molecule has 0 amide bonds. The van der Waals surface area contributed by atoms with Crippen LogP contribution < -0.4 is 5.32 Å². The molecule has 1 rings (SSSR count). The van der Waals surface area contributed by atoms with Crippen molar-refractivity contribution in [3.8, 4) is 11.8 Å². The molecular formula is C11H9ClF3N. The predicted octanol–water partition coefficient (Wildman–Crippen LogP) is 3.79. The van der Waals surface area contributed by atoms with Gasteiger partial charge in [0.2, 0.25) is 0 Å². The van der Waals surface area contributed by atoms with E-state index in [4.69, 9.17) is 11.6 Å². The zero-order valence-corrected chi connectivity index (χ0v) is 9.21. The van der Waals surface area contributed by atoms with E-state index in [1.165, 1.54) is 6.07 Å². The van der Waals surface area contributed by atoms with Gasteiger partial charge < -0.3 is 5.32 Å². The summed E-state index contributed by atoms with van der Waals surface area (Å²) in [7, 11) is 0. The van der Waals surface area contributed by atoms with Crippen LogP contribution in [0.4, 0.5) is 18.9 Å². The molecule has 1 nitrogen and oxygen atoms in total. The summed E-state index contributed by atoms with van der Waals surface area (Å²) >= 11 is 5.59. The van der Waals surface area contributed by atoms with E-state index in [1.807, 2.05) is 0 Å². The minimum absolute atomic E-state index is 0.0433. The summed E-state index contributed by atoms with van der Waals surface area (Å²) in [5.74, 6) is 5.32. The van der Waals surface area contributed by atoms with Crippen molar-refractivity contribution < 1.29 is 13.2 Å². The van der Waals surface area contributed by atoms with Crippen LogP contribution in [0.25, 0.3) is 0 Å². The van der Waals surface area contributed by atoms with E-state index < -0.39 is 11.7 Å². The van der Waals surface area contributed by atoms with Gasteiger partial charge in [-0.05, 0) is 25.1 Å². The second-order valence-electron chi connectivity index (χ2n) is 3.01. The molecule has 0 aliphatic heterocycles. The molecule has 0 saturated carbocycles. The minimum atomic E-state index is -4.39. The number of hydrogen-bond donors (Lipinski definition) is 1. The first-order valence-corrected chi connectivity index (χ1v) is 4.82. The van der Waals surface area contributed by atoms with Crippen molar-refractivity contribution in [3.05, 3.63) is 28.8 Å². The molecule has 0 bridgehead atoms. The standard InChI is InChI=1S/C11H9ClF3N/c1-2-3-4-16-10-6-8(11(13,14)15)5-9(12)7-10/h5-7,16H,4H2,1H3. The van der Waals surface area contributed by atoms with E-state index in [1.54, 1.807) is 6.92 Å². The fourth-order valence-corrected chi connectivity index (χ4v) is 1.33. The maximum absolute atomic E-state index is 12.4. The third-order valence-electron chi connectivity index (χ3n) is 1.78. The number of anilines is 1. The summed E-state index contributed by atoms with van der Waals surface area (Å²) in [6.45, 7) is 1.94. The maximum atomic E-state index is 12.4. The van der Waals surface area contributed by atoms with Crippen LogP contribution in [0, 0.1) is 11.8 Å². The first kappa shape index (κ1) is 12.7. The third kappa shape index (κ3) is 3.67. The van der Waals surface area contributed by atoms with Crippen LogP contribution in [0.15, 0.2) is 18.2 Å². The molecule has 86 valence electrons. The Morgan fingerprint density at radius 1 is 1.31 bits per heavy atom. The lowest BCUT2D eigenvalue weighted by Gasteiger charge is -2.10. The summed E-state index contributed by atoms with van der Waals surface area (Å²) in [5, 5.41) is 2.78. The van der Waals surface area contributed by atoms with Crippen molar-refractivity contribution in [3.63, 3.8) is 0 Å². The zero-order valence-electron chi connectivity index (χ0n) is 8.45. The highest BCUT2D eigenvalue weighted by Gasteiger charge is 2.31. The maximum Gasteiger partial charge on any atom is 0.416 e. The number of benzene rings is 1. The molecule has 0 spiro atoms. The Kier molecular flexibility index (Phi) is 4.08. The molecule has 1 aromatic rings. The molecule has 0 aliphatic rings. The molecule has 0 aromatic heterocycles. The van der Waals surface area contributed by atoms with Gasteiger partial charge in [-0.1, -0.05) is 17.5 Å². The van der Waals surface area contributed by atoms with Crippen molar-refractivity contribution in [1.29, 1.82) is 0 Å². The summed E-state index contributed by atoms with van der Waals surface area (Å²) < 4.78 is 37.3. The fourth-order valence-electron chi connectivity index (χ4n) is 1.09. The molecule has 1 aromatic carbocycles. The van der Waals surface area contributed by atoms with Gasteiger partial charge in [0.15, 0.2) is 0 Å². The molecule has 0 aliphatic carbocycles. The van der Waals surface area contributed by atoms with Crippen LogP contribution >= 0.6 is 11.6 Å². The molecular weight excluding hydrogens is 239 g/mol. The number of hydrogen-bond acceptors (Lipinski definition) is 1. The van der Waals surface area contributed by atoms with E-state index >= 15 is 0 Å². The van der Waals surface area contributed by atoms with E-state index in [9.17, 15) is 13.2 Å². The molecule has 16 heavy (non-hydrogen) atoms. The molecule has 5 heteroatoms. The van der Waals surface area contributed by atoms with Crippen molar-refractivity contribution in [1.82, 2.24) is 0 Å². The van der Waals surface area contributed by atoms with Gasteiger partial charge in [0.25, 0.3) is 0 Å². The summed E-state index contributed by atoms with van der Waals surface area (Å²) in [6, 6.07) is 3.32. The van der Waals surface area contributed by atoms with Gasteiger partial charge in [0, 0.05) is 10.7 Å². The van der Waals surface area contributed by atoms with Gasteiger partial charge in [0.1, 0.15) is 0 Å². The lowest BCUT2D eigenvalue weighted by atomic mass is 10.2. The first-order valence-electron chi connectivity index (χ1n) is 4.45.